The second kappa shape index (κ2) is 12.9. The van der Waals surface area contributed by atoms with Gasteiger partial charge in [-0.05, 0) is 42.0 Å². The highest BCUT2D eigenvalue weighted by molar-refractivity contribution is 7.12. The first-order valence-corrected chi connectivity index (χ1v) is 12.2. The Bertz CT molecular complexity index is 1650. The number of hydrogen-bond donors (Lipinski definition) is 6. The molecular formula is C24H22F3N7O7S. The number of aromatic carboxylic acids is 1. The molecule has 14 nitrogen and oxygen atoms in total. The normalized spacial score (nSPS) is 11.5. The van der Waals surface area contributed by atoms with Gasteiger partial charge in [-0.3, -0.25) is 10.4 Å². The predicted octanol–water partition coefficient (Wildman–Crippen LogP) is 2.85. The SMILES string of the molecule is COc1ccc(C(Nc2ccc(C(=N)N)cc2)c2nn(-c3ncsc3C(=O)O)c(=O)[nH]2)cc1OC.O=C(O)C(F)(F)F. The van der Waals surface area contributed by atoms with Crippen LogP contribution in [0.25, 0.3) is 5.82 Å². The average Bonchev–Trinajstić information content (AvgIpc) is 3.58. The van der Waals surface area contributed by atoms with Crippen molar-refractivity contribution in [2.24, 2.45) is 5.73 Å². The van der Waals surface area contributed by atoms with Crippen molar-refractivity contribution in [3.8, 4) is 17.3 Å². The minimum absolute atomic E-state index is 0.0615. The van der Waals surface area contributed by atoms with E-state index < -0.39 is 29.8 Å². The van der Waals surface area contributed by atoms with Gasteiger partial charge >= 0.3 is 23.8 Å². The second-order valence-corrected chi connectivity index (χ2v) is 8.88. The molecule has 0 aliphatic carbocycles. The summed E-state index contributed by atoms with van der Waals surface area (Å²) in [5.74, 6) is -2.90. The van der Waals surface area contributed by atoms with Gasteiger partial charge in [0.05, 0.1) is 19.7 Å². The molecule has 42 heavy (non-hydrogen) atoms. The van der Waals surface area contributed by atoms with Crippen LogP contribution in [0.5, 0.6) is 11.5 Å². The second-order valence-electron chi connectivity index (χ2n) is 8.02. The number of methoxy groups -OCH3 is 2. The van der Waals surface area contributed by atoms with Crippen molar-refractivity contribution in [2.45, 2.75) is 12.2 Å². The fourth-order valence-corrected chi connectivity index (χ4v) is 4.01. The fraction of sp³-hybridized carbons (Fsp3) is 0.167. The molecule has 4 aromatic rings. The number of aromatic nitrogens is 4. The van der Waals surface area contributed by atoms with Crippen molar-refractivity contribution >= 4 is 34.8 Å². The van der Waals surface area contributed by atoms with Gasteiger partial charge in [0, 0.05) is 11.3 Å². The van der Waals surface area contributed by atoms with Crippen LogP contribution in [0.2, 0.25) is 0 Å². The Kier molecular flexibility index (Phi) is 9.53. The third-order valence-corrected chi connectivity index (χ3v) is 6.15. The average molecular weight is 610 g/mol. The minimum atomic E-state index is -5.08. The quantitative estimate of drug-likeness (QED) is 0.120. The van der Waals surface area contributed by atoms with Gasteiger partial charge in [-0.25, -0.2) is 19.4 Å². The van der Waals surface area contributed by atoms with Crippen LogP contribution >= 0.6 is 11.3 Å². The summed E-state index contributed by atoms with van der Waals surface area (Å²) in [4.78, 5) is 39.8. The number of aliphatic carboxylic acids is 1. The zero-order valence-corrected chi connectivity index (χ0v) is 22.4. The molecule has 1 unspecified atom stereocenters. The fourth-order valence-electron chi connectivity index (χ4n) is 3.41. The van der Waals surface area contributed by atoms with Crippen molar-refractivity contribution in [3.05, 3.63) is 80.3 Å². The molecule has 0 saturated carbocycles. The molecule has 18 heteroatoms. The highest BCUT2D eigenvalue weighted by Gasteiger charge is 2.38. The zero-order valence-electron chi connectivity index (χ0n) is 21.6. The Balaban J connectivity index is 0.000000616. The van der Waals surface area contributed by atoms with Gasteiger partial charge in [-0.2, -0.15) is 17.9 Å². The highest BCUT2D eigenvalue weighted by atomic mass is 32.1. The van der Waals surface area contributed by atoms with Gasteiger partial charge in [-0.15, -0.1) is 16.4 Å². The third kappa shape index (κ3) is 7.22. The van der Waals surface area contributed by atoms with Crippen molar-refractivity contribution in [2.75, 3.05) is 19.5 Å². The molecule has 2 aromatic carbocycles. The molecule has 4 rings (SSSR count). The maximum absolute atomic E-state index is 12.8. The number of nitrogen functional groups attached to an aromatic ring is 1. The lowest BCUT2D eigenvalue weighted by atomic mass is 10.0. The number of anilines is 1. The van der Waals surface area contributed by atoms with Crippen LogP contribution in [0.4, 0.5) is 18.9 Å². The summed E-state index contributed by atoms with van der Waals surface area (Å²) in [7, 11) is 3.04. The molecular weight excluding hydrogens is 587 g/mol. The summed E-state index contributed by atoms with van der Waals surface area (Å²) in [5.41, 5.74) is 8.12. The van der Waals surface area contributed by atoms with Crippen molar-refractivity contribution in [3.63, 3.8) is 0 Å². The van der Waals surface area contributed by atoms with Crippen LogP contribution in [-0.4, -0.2) is 68.1 Å². The summed E-state index contributed by atoms with van der Waals surface area (Å²) in [6.45, 7) is 0. The van der Waals surface area contributed by atoms with E-state index in [9.17, 15) is 27.9 Å². The largest absolute Gasteiger partial charge is 0.493 e. The number of carboxylic acids is 2. The molecule has 2 aromatic heterocycles. The van der Waals surface area contributed by atoms with E-state index in [0.717, 1.165) is 16.0 Å². The van der Waals surface area contributed by atoms with Crippen LogP contribution < -0.4 is 26.2 Å². The van der Waals surface area contributed by atoms with Gasteiger partial charge < -0.3 is 30.7 Å². The lowest BCUT2D eigenvalue weighted by Crippen LogP contribution is -2.21. The Morgan fingerprint density at radius 3 is 2.26 bits per heavy atom. The topological polar surface area (TPSA) is 219 Å². The summed E-state index contributed by atoms with van der Waals surface area (Å²) in [6, 6.07) is 11.4. The number of nitrogens with one attached hydrogen (secondary N) is 3. The smallest absolute Gasteiger partial charge is 0.490 e. The number of nitrogens with two attached hydrogens (primary N) is 1. The number of carboxylic acid groups (broad SMARTS) is 2. The number of alkyl halides is 3. The lowest BCUT2D eigenvalue weighted by Gasteiger charge is -2.20. The number of halogens is 3. The number of amidine groups is 1. The Hall–Kier alpha value is -5.39. The van der Waals surface area contributed by atoms with E-state index >= 15 is 0 Å². The maximum Gasteiger partial charge on any atom is 0.490 e. The number of benzene rings is 2. The predicted molar refractivity (Wildman–Crippen MR) is 143 cm³/mol. The maximum atomic E-state index is 12.8. The van der Waals surface area contributed by atoms with E-state index in [1.54, 1.807) is 42.5 Å². The first kappa shape index (κ1) is 31.1. The number of ether oxygens (including phenoxy) is 2. The molecule has 222 valence electrons. The number of aromatic amines is 1. The Morgan fingerprint density at radius 1 is 1.12 bits per heavy atom. The van der Waals surface area contributed by atoms with Crippen LogP contribution in [0, 0.1) is 5.41 Å². The number of thiazole rings is 1. The van der Waals surface area contributed by atoms with Crippen LogP contribution in [0.15, 0.2) is 52.8 Å². The van der Waals surface area contributed by atoms with Crippen molar-refractivity contribution in [1.29, 1.82) is 5.41 Å². The van der Waals surface area contributed by atoms with Gasteiger partial charge in [0.25, 0.3) is 0 Å². The monoisotopic (exact) mass is 609 g/mol. The molecule has 0 aliphatic heterocycles. The lowest BCUT2D eigenvalue weighted by molar-refractivity contribution is -0.192. The molecule has 0 spiro atoms. The molecule has 1 atom stereocenters. The molecule has 0 amide bonds. The zero-order chi connectivity index (χ0) is 31.2. The van der Waals surface area contributed by atoms with E-state index in [4.69, 9.17) is 30.5 Å². The number of carbonyl (C=O) groups is 2. The molecule has 0 radical (unpaired) electrons. The van der Waals surface area contributed by atoms with Gasteiger partial charge in [0.2, 0.25) is 0 Å². The van der Waals surface area contributed by atoms with Crippen LogP contribution in [0.3, 0.4) is 0 Å². The first-order valence-electron chi connectivity index (χ1n) is 11.4. The summed E-state index contributed by atoms with van der Waals surface area (Å²) in [6.07, 6.45) is -5.08. The van der Waals surface area contributed by atoms with Crippen LogP contribution in [-0.2, 0) is 4.79 Å². The summed E-state index contributed by atoms with van der Waals surface area (Å²) in [5, 5.41) is 31.8. The Morgan fingerprint density at radius 2 is 1.74 bits per heavy atom. The number of hydrogen-bond acceptors (Lipinski definition) is 10. The molecule has 7 N–H and O–H groups in total. The molecule has 0 aliphatic rings. The van der Waals surface area contributed by atoms with E-state index in [1.165, 1.54) is 19.7 Å². The van der Waals surface area contributed by atoms with E-state index in [1.807, 2.05) is 0 Å². The van der Waals surface area contributed by atoms with Gasteiger partial charge in [0.15, 0.2) is 28.0 Å². The molecule has 0 bridgehead atoms. The van der Waals surface area contributed by atoms with E-state index in [2.05, 4.69) is 20.4 Å². The molecule has 0 fully saturated rings. The van der Waals surface area contributed by atoms with E-state index in [0.29, 0.717) is 28.3 Å². The molecule has 0 saturated heterocycles. The number of H-pyrrole nitrogens is 1. The van der Waals surface area contributed by atoms with Gasteiger partial charge in [0.1, 0.15) is 11.9 Å². The van der Waals surface area contributed by atoms with Crippen molar-refractivity contribution < 1.29 is 42.4 Å². The number of rotatable bonds is 9. The standard InChI is InChI=1S/C22H21N7O5S.C2HF3O2/c1-33-14-8-5-12(9-15(14)34-2)16(26-13-6-3-11(4-7-13)18(23)24)19-27-22(32)29(28-19)20-17(21(30)31)35-10-25-20;3-2(4,5)1(6)7/h3-10,16,26H,1-2H3,(H3,23,24)(H,30,31)(H,27,28,32);(H,6,7). The first-order chi connectivity index (χ1) is 19.8. The summed E-state index contributed by atoms with van der Waals surface area (Å²) >= 11 is 0.893. The third-order valence-electron chi connectivity index (χ3n) is 5.34. The van der Waals surface area contributed by atoms with Crippen LogP contribution in [0.1, 0.15) is 32.7 Å². The van der Waals surface area contributed by atoms with E-state index in [-0.39, 0.29) is 22.4 Å². The summed E-state index contributed by atoms with van der Waals surface area (Å²) < 4.78 is 43.4. The minimum Gasteiger partial charge on any atom is -0.493 e. The van der Waals surface area contributed by atoms with Gasteiger partial charge in [-0.1, -0.05) is 6.07 Å². The highest BCUT2D eigenvalue weighted by Crippen LogP contribution is 2.33. The molecule has 2 heterocycles. The number of nitrogens with zero attached hydrogens (tertiary/aromatic N) is 3. The van der Waals surface area contributed by atoms with Crippen molar-refractivity contribution in [1.82, 2.24) is 19.7 Å². The Labute approximate surface area is 237 Å².